The van der Waals surface area contributed by atoms with Crippen LogP contribution in [0.15, 0.2) is 30.3 Å². The van der Waals surface area contributed by atoms with Gasteiger partial charge in [-0.15, -0.1) is 0 Å². The molecule has 0 aliphatic carbocycles. The Labute approximate surface area is 129 Å². The number of nitrogens with zero attached hydrogens (tertiary/aromatic N) is 2. The predicted molar refractivity (Wildman–Crippen MR) is 84.1 cm³/mol. The van der Waals surface area contributed by atoms with Crippen LogP contribution in [0.1, 0.15) is 13.8 Å². The van der Waals surface area contributed by atoms with Crippen LogP contribution in [0.25, 0.3) is 11.3 Å². The lowest BCUT2D eigenvalue weighted by Gasteiger charge is -2.17. The van der Waals surface area contributed by atoms with Gasteiger partial charge in [0.15, 0.2) is 6.29 Å². The van der Waals surface area contributed by atoms with Crippen molar-refractivity contribution < 1.29 is 9.47 Å². The number of benzene rings is 1. The molecule has 1 aromatic carbocycles. The van der Waals surface area contributed by atoms with Crippen molar-refractivity contribution in [2.75, 3.05) is 18.9 Å². The average molecular weight is 310 g/mol. The summed E-state index contributed by atoms with van der Waals surface area (Å²) in [7, 11) is 0. The molecule has 2 aromatic rings. The molecule has 0 aliphatic rings. The maximum Gasteiger partial charge on any atom is 0.177 e. The number of rotatable bonds is 7. The number of anilines is 1. The van der Waals surface area contributed by atoms with Gasteiger partial charge in [0.05, 0.1) is 12.2 Å². The fourth-order valence-electron chi connectivity index (χ4n) is 2.01. The van der Waals surface area contributed by atoms with Crippen LogP contribution in [0, 0.1) is 0 Å². The van der Waals surface area contributed by atoms with Crippen molar-refractivity contribution in [1.29, 1.82) is 0 Å². The smallest absolute Gasteiger partial charge is 0.177 e. The molecule has 1 heterocycles. The number of hydrogen-bond acceptors (Lipinski definition) is 4. The number of hydrogen-bond donors (Lipinski definition) is 1. The van der Waals surface area contributed by atoms with Gasteiger partial charge in [0.25, 0.3) is 0 Å². The lowest BCUT2D eigenvalue weighted by atomic mass is 10.1. The molecule has 0 atom stereocenters. The summed E-state index contributed by atoms with van der Waals surface area (Å²) in [5.74, 6) is 0.573. The van der Waals surface area contributed by atoms with E-state index in [1.54, 1.807) is 4.68 Å². The van der Waals surface area contributed by atoms with Gasteiger partial charge in [-0.05, 0) is 26.0 Å². The molecule has 2 rings (SSSR count). The minimum absolute atomic E-state index is 0.347. The van der Waals surface area contributed by atoms with Crippen LogP contribution >= 0.6 is 11.6 Å². The van der Waals surface area contributed by atoms with Crippen molar-refractivity contribution >= 4 is 17.4 Å². The standard InChI is InChI=1S/C15H20ClN3O2/c1-3-20-15(21-4-2)10-19-14(17)9-13(18-19)11-5-7-12(16)8-6-11/h5-9,15H,3-4,10,17H2,1-2H3. The SMILES string of the molecule is CCOC(Cn1nc(-c2ccc(Cl)cc2)cc1N)OCC. The predicted octanol–water partition coefficient (Wildman–Crippen LogP) is 3.18. The molecule has 0 aliphatic heterocycles. The summed E-state index contributed by atoms with van der Waals surface area (Å²) in [6.07, 6.45) is -0.347. The van der Waals surface area contributed by atoms with E-state index in [1.807, 2.05) is 44.2 Å². The molecule has 0 spiro atoms. The average Bonchev–Trinajstić information content (AvgIpc) is 2.81. The quantitative estimate of drug-likeness (QED) is 0.798. The molecule has 0 bridgehead atoms. The van der Waals surface area contributed by atoms with Crippen LogP contribution in [-0.4, -0.2) is 29.3 Å². The van der Waals surface area contributed by atoms with Crippen molar-refractivity contribution in [3.63, 3.8) is 0 Å². The van der Waals surface area contributed by atoms with E-state index < -0.39 is 0 Å². The molecular weight excluding hydrogens is 290 g/mol. The Morgan fingerprint density at radius 2 is 1.81 bits per heavy atom. The first-order chi connectivity index (χ1) is 10.1. The minimum Gasteiger partial charge on any atom is -0.384 e. The summed E-state index contributed by atoms with van der Waals surface area (Å²) >= 11 is 5.89. The second-order valence-electron chi connectivity index (χ2n) is 4.48. The van der Waals surface area contributed by atoms with E-state index in [1.165, 1.54) is 0 Å². The molecule has 2 N–H and O–H groups in total. The van der Waals surface area contributed by atoms with Crippen molar-refractivity contribution in [1.82, 2.24) is 9.78 Å². The van der Waals surface area contributed by atoms with Crippen LogP contribution in [-0.2, 0) is 16.0 Å². The second kappa shape index (κ2) is 7.45. The highest BCUT2D eigenvalue weighted by molar-refractivity contribution is 6.30. The number of nitrogen functional groups attached to an aromatic ring is 1. The Kier molecular flexibility index (Phi) is 5.61. The summed E-state index contributed by atoms with van der Waals surface area (Å²) < 4.78 is 12.7. The molecule has 0 saturated carbocycles. The molecule has 0 saturated heterocycles. The lowest BCUT2D eigenvalue weighted by molar-refractivity contribution is -0.144. The van der Waals surface area contributed by atoms with Gasteiger partial charge in [-0.1, -0.05) is 23.7 Å². The molecule has 6 heteroatoms. The van der Waals surface area contributed by atoms with Gasteiger partial charge in [0.2, 0.25) is 0 Å². The van der Waals surface area contributed by atoms with Crippen molar-refractivity contribution in [3.8, 4) is 11.3 Å². The Bertz CT molecular complexity index is 563. The minimum atomic E-state index is -0.347. The number of nitrogens with two attached hydrogens (primary N) is 1. The summed E-state index contributed by atoms with van der Waals surface area (Å²) in [5.41, 5.74) is 7.78. The Balaban J connectivity index is 2.16. The van der Waals surface area contributed by atoms with E-state index in [9.17, 15) is 0 Å². The summed E-state index contributed by atoms with van der Waals surface area (Å²) in [5, 5.41) is 5.20. The molecular formula is C15H20ClN3O2. The fraction of sp³-hybridized carbons (Fsp3) is 0.400. The van der Waals surface area contributed by atoms with Crippen LogP contribution in [0.2, 0.25) is 5.02 Å². The van der Waals surface area contributed by atoms with Crippen molar-refractivity contribution in [2.24, 2.45) is 0 Å². The monoisotopic (exact) mass is 309 g/mol. The van der Waals surface area contributed by atoms with E-state index in [0.29, 0.717) is 30.6 Å². The molecule has 0 fully saturated rings. The lowest BCUT2D eigenvalue weighted by Crippen LogP contribution is -2.25. The molecule has 0 unspecified atom stereocenters. The molecule has 21 heavy (non-hydrogen) atoms. The second-order valence-corrected chi connectivity index (χ2v) is 4.92. The summed E-state index contributed by atoms with van der Waals surface area (Å²) in [6.45, 7) is 5.47. The number of aromatic nitrogens is 2. The zero-order chi connectivity index (χ0) is 15.2. The highest BCUT2D eigenvalue weighted by Crippen LogP contribution is 2.22. The maximum atomic E-state index is 6.01. The molecule has 0 radical (unpaired) electrons. The molecule has 5 nitrogen and oxygen atoms in total. The number of ether oxygens (including phenoxy) is 2. The van der Waals surface area contributed by atoms with E-state index in [-0.39, 0.29) is 6.29 Å². The third-order valence-electron chi connectivity index (χ3n) is 2.98. The van der Waals surface area contributed by atoms with Crippen LogP contribution in [0.3, 0.4) is 0 Å². The van der Waals surface area contributed by atoms with Gasteiger partial charge < -0.3 is 15.2 Å². The highest BCUT2D eigenvalue weighted by Gasteiger charge is 2.13. The van der Waals surface area contributed by atoms with Gasteiger partial charge in [-0.3, -0.25) is 0 Å². The number of halogens is 1. The van der Waals surface area contributed by atoms with E-state index in [0.717, 1.165) is 11.3 Å². The first kappa shape index (κ1) is 15.8. The van der Waals surface area contributed by atoms with Crippen molar-refractivity contribution in [3.05, 3.63) is 35.4 Å². The Hall–Kier alpha value is -1.56. The molecule has 114 valence electrons. The van der Waals surface area contributed by atoms with E-state index >= 15 is 0 Å². The topological polar surface area (TPSA) is 62.3 Å². The third kappa shape index (κ3) is 4.20. The summed E-state index contributed by atoms with van der Waals surface area (Å²) in [6, 6.07) is 9.32. The summed E-state index contributed by atoms with van der Waals surface area (Å²) in [4.78, 5) is 0. The maximum absolute atomic E-state index is 6.01. The third-order valence-corrected chi connectivity index (χ3v) is 3.23. The van der Waals surface area contributed by atoms with Crippen LogP contribution in [0.5, 0.6) is 0 Å². The first-order valence-corrected chi connectivity index (χ1v) is 7.34. The van der Waals surface area contributed by atoms with Crippen LogP contribution < -0.4 is 5.73 Å². The normalized spacial score (nSPS) is 11.2. The Morgan fingerprint density at radius 1 is 1.19 bits per heavy atom. The fourth-order valence-corrected chi connectivity index (χ4v) is 2.13. The van der Waals surface area contributed by atoms with Crippen molar-refractivity contribution in [2.45, 2.75) is 26.7 Å². The van der Waals surface area contributed by atoms with Gasteiger partial charge in [0, 0.05) is 29.9 Å². The molecule has 0 amide bonds. The van der Waals surface area contributed by atoms with Gasteiger partial charge in [-0.2, -0.15) is 5.10 Å². The van der Waals surface area contributed by atoms with Crippen LogP contribution in [0.4, 0.5) is 5.82 Å². The first-order valence-electron chi connectivity index (χ1n) is 6.96. The zero-order valence-electron chi connectivity index (χ0n) is 12.3. The van der Waals surface area contributed by atoms with E-state index in [4.69, 9.17) is 26.8 Å². The van der Waals surface area contributed by atoms with Gasteiger partial charge in [0.1, 0.15) is 5.82 Å². The molecule has 1 aromatic heterocycles. The van der Waals surface area contributed by atoms with Gasteiger partial charge in [-0.25, -0.2) is 4.68 Å². The largest absolute Gasteiger partial charge is 0.384 e. The highest BCUT2D eigenvalue weighted by atomic mass is 35.5. The van der Waals surface area contributed by atoms with E-state index in [2.05, 4.69) is 5.10 Å². The Morgan fingerprint density at radius 3 is 2.38 bits per heavy atom. The van der Waals surface area contributed by atoms with Gasteiger partial charge >= 0.3 is 0 Å². The zero-order valence-corrected chi connectivity index (χ0v) is 13.0.